The Kier molecular flexibility index (Phi) is 5.02. The first-order chi connectivity index (χ1) is 12.9. The van der Waals surface area contributed by atoms with E-state index in [2.05, 4.69) is 15.5 Å². The van der Waals surface area contributed by atoms with Gasteiger partial charge >= 0.3 is 5.97 Å². The van der Waals surface area contributed by atoms with Crippen LogP contribution in [0.15, 0.2) is 33.6 Å². The Morgan fingerprint density at radius 3 is 2.70 bits per heavy atom. The fourth-order valence-electron chi connectivity index (χ4n) is 2.63. The van der Waals surface area contributed by atoms with Crippen LogP contribution in [-0.4, -0.2) is 33.2 Å². The monoisotopic (exact) mass is 370 g/mol. The van der Waals surface area contributed by atoms with Crippen LogP contribution in [0.25, 0.3) is 11.0 Å². The van der Waals surface area contributed by atoms with E-state index in [0.29, 0.717) is 29.0 Å². The molecule has 140 valence electrons. The summed E-state index contributed by atoms with van der Waals surface area (Å²) >= 11 is 0. The van der Waals surface area contributed by atoms with Crippen molar-refractivity contribution >= 4 is 28.7 Å². The third-order valence-electron chi connectivity index (χ3n) is 3.89. The SMILES string of the molecule is CCn1c(=O)c(C)nc2cc(C(=O)OCC(=O)Nc3cc(C)on3)ccc21. The molecule has 3 rings (SSSR count). The zero-order chi connectivity index (χ0) is 19.6. The molecule has 1 N–H and O–H groups in total. The Morgan fingerprint density at radius 2 is 2.04 bits per heavy atom. The van der Waals surface area contributed by atoms with E-state index < -0.39 is 18.5 Å². The summed E-state index contributed by atoms with van der Waals surface area (Å²) in [6.07, 6.45) is 0. The molecule has 0 bridgehead atoms. The number of hydrogen-bond acceptors (Lipinski definition) is 7. The van der Waals surface area contributed by atoms with Gasteiger partial charge in [-0.1, -0.05) is 5.16 Å². The number of nitrogens with one attached hydrogen (secondary N) is 1. The minimum absolute atomic E-state index is 0.167. The minimum atomic E-state index is -0.669. The Morgan fingerprint density at radius 1 is 1.26 bits per heavy atom. The Balaban J connectivity index is 1.73. The highest BCUT2D eigenvalue weighted by Crippen LogP contribution is 2.14. The number of rotatable bonds is 5. The van der Waals surface area contributed by atoms with Crippen LogP contribution in [0.2, 0.25) is 0 Å². The van der Waals surface area contributed by atoms with E-state index in [9.17, 15) is 14.4 Å². The van der Waals surface area contributed by atoms with Gasteiger partial charge in [0.1, 0.15) is 11.5 Å². The number of ether oxygens (including phenoxy) is 1. The fraction of sp³-hybridized carbons (Fsp3) is 0.278. The van der Waals surface area contributed by atoms with E-state index in [1.807, 2.05) is 6.92 Å². The molecule has 0 unspecified atom stereocenters. The summed E-state index contributed by atoms with van der Waals surface area (Å²) in [7, 11) is 0. The van der Waals surface area contributed by atoms with Crippen molar-refractivity contribution in [1.29, 1.82) is 0 Å². The number of hydrogen-bond donors (Lipinski definition) is 1. The molecule has 9 nitrogen and oxygen atoms in total. The van der Waals surface area contributed by atoms with Crippen LogP contribution in [0, 0.1) is 13.8 Å². The van der Waals surface area contributed by atoms with Gasteiger partial charge in [0.2, 0.25) is 0 Å². The smallest absolute Gasteiger partial charge is 0.338 e. The van der Waals surface area contributed by atoms with Gasteiger partial charge < -0.3 is 19.1 Å². The molecule has 2 heterocycles. The highest BCUT2D eigenvalue weighted by atomic mass is 16.5. The van der Waals surface area contributed by atoms with E-state index in [-0.39, 0.29) is 16.9 Å². The zero-order valence-electron chi connectivity index (χ0n) is 15.1. The van der Waals surface area contributed by atoms with Crippen LogP contribution < -0.4 is 10.9 Å². The Bertz CT molecular complexity index is 1080. The molecule has 1 amide bonds. The Hall–Kier alpha value is -3.49. The van der Waals surface area contributed by atoms with Crippen molar-refractivity contribution in [2.45, 2.75) is 27.3 Å². The van der Waals surface area contributed by atoms with Gasteiger partial charge in [-0.3, -0.25) is 9.59 Å². The summed E-state index contributed by atoms with van der Waals surface area (Å²) in [6, 6.07) is 6.26. The predicted octanol–water partition coefficient (Wildman–Crippen LogP) is 1.82. The molecule has 0 atom stereocenters. The first-order valence-electron chi connectivity index (χ1n) is 8.30. The first kappa shape index (κ1) is 18.3. The van der Waals surface area contributed by atoms with Gasteiger partial charge in [0.05, 0.1) is 16.6 Å². The molecule has 3 aromatic rings. The molecule has 0 aliphatic heterocycles. The molecule has 0 spiro atoms. The van der Waals surface area contributed by atoms with Crippen molar-refractivity contribution in [1.82, 2.24) is 14.7 Å². The summed E-state index contributed by atoms with van der Waals surface area (Å²) in [5.74, 6) is -0.411. The lowest BCUT2D eigenvalue weighted by molar-refractivity contribution is -0.119. The van der Waals surface area contributed by atoms with Gasteiger partial charge in [0.25, 0.3) is 11.5 Å². The van der Waals surface area contributed by atoms with Gasteiger partial charge in [0, 0.05) is 12.6 Å². The van der Waals surface area contributed by atoms with Crippen molar-refractivity contribution in [3.8, 4) is 0 Å². The van der Waals surface area contributed by atoms with Gasteiger partial charge in [-0.25, -0.2) is 9.78 Å². The summed E-state index contributed by atoms with van der Waals surface area (Å²) in [4.78, 5) is 40.4. The highest BCUT2D eigenvalue weighted by Gasteiger charge is 2.14. The van der Waals surface area contributed by atoms with Crippen molar-refractivity contribution in [3.05, 3.63) is 51.6 Å². The summed E-state index contributed by atoms with van der Waals surface area (Å²) in [6.45, 7) is 5.19. The van der Waals surface area contributed by atoms with Crippen LogP contribution in [0.5, 0.6) is 0 Å². The normalized spacial score (nSPS) is 10.8. The summed E-state index contributed by atoms with van der Waals surface area (Å²) < 4.78 is 11.4. The van der Waals surface area contributed by atoms with Crippen molar-refractivity contribution in [3.63, 3.8) is 0 Å². The maximum Gasteiger partial charge on any atom is 0.338 e. The second-order valence-corrected chi connectivity index (χ2v) is 5.90. The molecule has 0 aliphatic carbocycles. The molecule has 0 radical (unpaired) electrons. The highest BCUT2D eigenvalue weighted by molar-refractivity contribution is 5.96. The number of benzene rings is 1. The van der Waals surface area contributed by atoms with E-state index in [0.717, 1.165) is 0 Å². The topological polar surface area (TPSA) is 116 Å². The molecule has 0 saturated carbocycles. The van der Waals surface area contributed by atoms with E-state index >= 15 is 0 Å². The summed E-state index contributed by atoms with van der Waals surface area (Å²) in [5, 5.41) is 6.08. The van der Waals surface area contributed by atoms with E-state index in [4.69, 9.17) is 9.26 Å². The van der Waals surface area contributed by atoms with Crippen molar-refractivity contribution < 1.29 is 18.8 Å². The molecule has 0 saturated heterocycles. The van der Waals surface area contributed by atoms with Crippen LogP contribution in [0.3, 0.4) is 0 Å². The third-order valence-corrected chi connectivity index (χ3v) is 3.89. The molecule has 0 aliphatic rings. The number of fused-ring (bicyclic) bond motifs is 1. The number of aromatic nitrogens is 3. The first-order valence-corrected chi connectivity index (χ1v) is 8.30. The lowest BCUT2D eigenvalue weighted by Crippen LogP contribution is -2.23. The average Bonchev–Trinajstić information content (AvgIpc) is 3.05. The quantitative estimate of drug-likeness (QED) is 0.681. The van der Waals surface area contributed by atoms with Crippen LogP contribution >= 0.6 is 0 Å². The molecule has 0 fully saturated rings. The van der Waals surface area contributed by atoms with Gasteiger partial charge in [-0.15, -0.1) is 0 Å². The van der Waals surface area contributed by atoms with E-state index in [1.54, 1.807) is 30.5 Å². The molecule has 9 heteroatoms. The van der Waals surface area contributed by atoms with Crippen LogP contribution in [-0.2, 0) is 16.1 Å². The lowest BCUT2D eigenvalue weighted by atomic mass is 10.2. The number of anilines is 1. The second kappa shape index (κ2) is 7.40. The standard InChI is InChI=1S/C18H18N4O5/c1-4-22-14-6-5-12(8-13(14)19-11(3)17(22)24)18(25)26-9-16(23)20-15-7-10(2)27-21-15/h5-8H,4,9H2,1-3H3,(H,20,21,23). The van der Waals surface area contributed by atoms with Gasteiger partial charge in [0.15, 0.2) is 12.4 Å². The van der Waals surface area contributed by atoms with E-state index in [1.165, 1.54) is 12.1 Å². The Labute approximate surface area is 153 Å². The number of amides is 1. The number of carbonyl (C=O) groups excluding carboxylic acids is 2. The molecular weight excluding hydrogens is 352 g/mol. The zero-order valence-corrected chi connectivity index (χ0v) is 15.1. The summed E-state index contributed by atoms with van der Waals surface area (Å²) in [5.41, 5.74) is 1.55. The van der Waals surface area contributed by atoms with Gasteiger partial charge in [-0.2, -0.15) is 0 Å². The number of nitrogens with zero attached hydrogens (tertiary/aromatic N) is 3. The third kappa shape index (κ3) is 3.86. The number of esters is 1. The number of carbonyl (C=O) groups is 2. The predicted molar refractivity (Wildman–Crippen MR) is 96.6 cm³/mol. The average molecular weight is 370 g/mol. The molecule has 2 aromatic heterocycles. The fourth-order valence-corrected chi connectivity index (χ4v) is 2.63. The lowest BCUT2D eigenvalue weighted by Gasteiger charge is -2.10. The van der Waals surface area contributed by atoms with Crippen LogP contribution in [0.4, 0.5) is 5.82 Å². The number of aryl methyl sites for hydroxylation is 3. The molecular formula is C18H18N4O5. The van der Waals surface area contributed by atoms with Gasteiger partial charge in [-0.05, 0) is 39.0 Å². The largest absolute Gasteiger partial charge is 0.452 e. The van der Waals surface area contributed by atoms with Crippen molar-refractivity contribution in [2.75, 3.05) is 11.9 Å². The molecule has 1 aromatic carbocycles. The minimum Gasteiger partial charge on any atom is -0.452 e. The maximum absolute atomic E-state index is 12.2. The maximum atomic E-state index is 12.2. The van der Waals surface area contributed by atoms with Crippen molar-refractivity contribution in [2.24, 2.45) is 0 Å². The molecule has 27 heavy (non-hydrogen) atoms. The second-order valence-electron chi connectivity index (χ2n) is 5.90. The van der Waals surface area contributed by atoms with Crippen LogP contribution in [0.1, 0.15) is 28.7 Å².